The number of nitrogens with zero attached hydrogens (tertiary/aromatic N) is 3. The highest BCUT2D eigenvalue weighted by molar-refractivity contribution is 6.62. The highest BCUT2D eigenvalue weighted by Gasteiger charge is 2.25. The van der Waals surface area contributed by atoms with Crippen LogP contribution in [0, 0.1) is 18.6 Å². The molecule has 1 saturated heterocycles. The summed E-state index contributed by atoms with van der Waals surface area (Å²) in [6.07, 6.45) is 1.65. The van der Waals surface area contributed by atoms with Gasteiger partial charge in [0.2, 0.25) is 0 Å². The lowest BCUT2D eigenvalue weighted by Crippen LogP contribution is -2.39. The van der Waals surface area contributed by atoms with Crippen molar-refractivity contribution in [2.75, 3.05) is 44.8 Å². The number of pyridine rings is 1. The fourth-order valence-electron chi connectivity index (χ4n) is 4.97. The molecule has 1 aliphatic heterocycles. The van der Waals surface area contributed by atoms with Crippen LogP contribution in [0.5, 0.6) is 5.88 Å². The SMILES string of the molecule is [B]C(=O)c1ccc(C)c(N(CCOC)C(=C)CN2CCC(c3ccc(F)c(OCc4ccc(Cl)cc4F)n3)CC2)c1. The number of ether oxygens (including phenoxy) is 2. The van der Waals surface area contributed by atoms with Gasteiger partial charge in [-0.05, 0) is 68.8 Å². The van der Waals surface area contributed by atoms with E-state index in [9.17, 15) is 13.6 Å². The van der Waals surface area contributed by atoms with Crippen molar-refractivity contribution < 1.29 is 23.0 Å². The molecular weight excluding hydrogens is 547 g/mol. The number of aromatic nitrogens is 1. The number of carbonyl (C=O) groups is 1. The van der Waals surface area contributed by atoms with E-state index in [0.717, 1.165) is 48.6 Å². The van der Waals surface area contributed by atoms with Gasteiger partial charge in [0.15, 0.2) is 13.7 Å². The molecule has 0 atom stereocenters. The Labute approximate surface area is 246 Å². The molecule has 0 amide bonds. The Hall–Kier alpha value is -3.27. The van der Waals surface area contributed by atoms with Crippen molar-refractivity contribution in [3.8, 4) is 5.88 Å². The monoisotopic (exact) mass is 579 g/mol. The first-order valence-corrected chi connectivity index (χ1v) is 13.8. The quantitative estimate of drug-likeness (QED) is 0.243. The van der Waals surface area contributed by atoms with Crippen molar-refractivity contribution in [1.29, 1.82) is 0 Å². The number of halogens is 3. The maximum Gasteiger partial charge on any atom is 0.250 e. The summed E-state index contributed by atoms with van der Waals surface area (Å²) >= 11 is 5.81. The van der Waals surface area contributed by atoms with Gasteiger partial charge >= 0.3 is 0 Å². The van der Waals surface area contributed by atoms with Crippen molar-refractivity contribution in [2.45, 2.75) is 32.3 Å². The molecular formula is C31H33BClF2N3O3. The minimum atomic E-state index is -0.594. The zero-order valence-electron chi connectivity index (χ0n) is 23.3. The Morgan fingerprint density at radius 1 is 1.15 bits per heavy atom. The summed E-state index contributed by atoms with van der Waals surface area (Å²) < 4.78 is 39.4. The number of benzene rings is 2. The summed E-state index contributed by atoms with van der Waals surface area (Å²) in [6, 6.07) is 12.7. The Bertz CT molecular complexity index is 1400. The predicted molar refractivity (Wildman–Crippen MR) is 158 cm³/mol. The maximum atomic E-state index is 14.5. The number of likely N-dealkylation sites (tertiary alicyclic amines) is 1. The van der Waals surface area contributed by atoms with Gasteiger partial charge in [-0.3, -0.25) is 4.90 Å². The van der Waals surface area contributed by atoms with Crippen molar-refractivity contribution in [3.63, 3.8) is 0 Å². The topological polar surface area (TPSA) is 54.9 Å². The van der Waals surface area contributed by atoms with E-state index >= 15 is 0 Å². The smallest absolute Gasteiger partial charge is 0.250 e. The van der Waals surface area contributed by atoms with Crippen molar-refractivity contribution in [2.24, 2.45) is 0 Å². The molecule has 0 bridgehead atoms. The molecule has 2 aromatic carbocycles. The maximum absolute atomic E-state index is 14.5. The fourth-order valence-corrected chi connectivity index (χ4v) is 5.13. The fraction of sp³-hybridized carbons (Fsp3) is 0.355. The van der Waals surface area contributed by atoms with Gasteiger partial charge in [-0.1, -0.05) is 36.4 Å². The van der Waals surface area contributed by atoms with Gasteiger partial charge in [-0.2, -0.15) is 0 Å². The summed E-state index contributed by atoms with van der Waals surface area (Å²) in [5.41, 5.74) is 3.74. The Morgan fingerprint density at radius 3 is 2.59 bits per heavy atom. The minimum absolute atomic E-state index is 0.133. The largest absolute Gasteiger partial charge is 0.471 e. The molecule has 6 nitrogen and oxygen atoms in total. The van der Waals surface area contributed by atoms with Gasteiger partial charge in [0.25, 0.3) is 5.88 Å². The second-order valence-electron chi connectivity index (χ2n) is 10.2. The Kier molecular flexibility index (Phi) is 10.5. The van der Waals surface area contributed by atoms with Gasteiger partial charge in [0, 0.05) is 59.3 Å². The zero-order chi connectivity index (χ0) is 29.5. The van der Waals surface area contributed by atoms with Gasteiger partial charge in [-0.15, -0.1) is 0 Å². The van der Waals surface area contributed by atoms with Crippen LogP contribution in [-0.2, 0) is 11.3 Å². The van der Waals surface area contributed by atoms with Crippen molar-refractivity contribution >= 4 is 30.8 Å². The molecule has 2 radical (unpaired) electrons. The van der Waals surface area contributed by atoms with Crippen molar-refractivity contribution in [1.82, 2.24) is 9.88 Å². The number of carbonyl (C=O) groups excluding carboxylic acids is 1. The molecule has 10 heteroatoms. The molecule has 214 valence electrons. The normalized spacial score (nSPS) is 14.2. The zero-order valence-corrected chi connectivity index (χ0v) is 24.1. The summed E-state index contributed by atoms with van der Waals surface area (Å²) in [4.78, 5) is 20.6. The molecule has 0 unspecified atom stereocenters. The lowest BCUT2D eigenvalue weighted by molar-refractivity contribution is 0.108. The first-order chi connectivity index (χ1) is 19.7. The number of piperidine rings is 1. The standard InChI is InChI=1S/C31H33BClF2N3O3/c1-20-4-5-23(30(32)39)16-29(20)38(14-15-40-3)21(2)18-37-12-10-22(11-13-37)28-9-8-26(34)31(36-28)41-19-24-6-7-25(33)17-27(24)35/h4-9,16-17,22H,2,10-15,18-19H2,1,3H3. The molecule has 41 heavy (non-hydrogen) atoms. The van der Waals surface area contributed by atoms with E-state index in [2.05, 4.69) is 21.4 Å². The molecule has 4 rings (SSSR count). The number of aryl methyl sites for hydroxylation is 1. The summed E-state index contributed by atoms with van der Waals surface area (Å²) in [7, 11) is 7.17. The van der Waals surface area contributed by atoms with E-state index in [1.165, 1.54) is 18.2 Å². The van der Waals surface area contributed by atoms with Crippen LogP contribution in [0.15, 0.2) is 60.8 Å². The van der Waals surface area contributed by atoms with Crippen LogP contribution in [0.1, 0.15) is 45.9 Å². The number of methoxy groups -OCH3 is 1. The first kappa shape index (κ1) is 30.7. The molecule has 1 aliphatic rings. The Morgan fingerprint density at radius 2 is 1.90 bits per heavy atom. The molecule has 0 spiro atoms. The first-order valence-electron chi connectivity index (χ1n) is 13.5. The highest BCUT2D eigenvalue weighted by Crippen LogP contribution is 2.31. The summed E-state index contributed by atoms with van der Waals surface area (Å²) in [5.74, 6) is -1.12. The van der Waals surface area contributed by atoms with E-state index in [1.807, 2.05) is 13.0 Å². The number of anilines is 1. The van der Waals surface area contributed by atoms with Crippen LogP contribution >= 0.6 is 11.6 Å². The number of hydrogen-bond donors (Lipinski definition) is 0. The third-order valence-corrected chi connectivity index (χ3v) is 7.55. The second-order valence-corrected chi connectivity index (χ2v) is 10.6. The molecule has 0 saturated carbocycles. The Balaban J connectivity index is 1.38. The number of rotatable bonds is 12. The number of hydrogen-bond acceptors (Lipinski definition) is 6. The van der Waals surface area contributed by atoms with Crippen LogP contribution in [0.2, 0.25) is 5.02 Å². The molecule has 3 aromatic rings. The minimum Gasteiger partial charge on any atom is -0.471 e. The highest BCUT2D eigenvalue weighted by atomic mass is 35.5. The third kappa shape index (κ3) is 7.94. The van der Waals surface area contributed by atoms with E-state index in [1.54, 1.807) is 31.4 Å². The lowest BCUT2D eigenvalue weighted by atomic mass is 9.92. The molecule has 0 N–H and O–H groups in total. The van der Waals surface area contributed by atoms with Crippen LogP contribution in [0.25, 0.3) is 0 Å². The van der Waals surface area contributed by atoms with Gasteiger partial charge in [0.05, 0.1) is 6.61 Å². The molecule has 0 aliphatic carbocycles. The van der Waals surface area contributed by atoms with Gasteiger partial charge in [0.1, 0.15) is 18.1 Å². The van der Waals surface area contributed by atoms with Crippen LogP contribution < -0.4 is 9.64 Å². The van der Waals surface area contributed by atoms with Gasteiger partial charge < -0.3 is 19.2 Å². The lowest BCUT2D eigenvalue weighted by Gasteiger charge is -2.35. The molecule has 1 fully saturated rings. The van der Waals surface area contributed by atoms with E-state index in [4.69, 9.17) is 28.9 Å². The van der Waals surface area contributed by atoms with E-state index < -0.39 is 17.3 Å². The third-order valence-electron chi connectivity index (χ3n) is 7.31. The molecule has 1 aromatic heterocycles. The van der Waals surface area contributed by atoms with E-state index in [0.29, 0.717) is 25.3 Å². The molecule has 2 heterocycles. The average molecular weight is 580 g/mol. The van der Waals surface area contributed by atoms with Crippen molar-refractivity contribution in [3.05, 3.63) is 99.8 Å². The summed E-state index contributed by atoms with van der Waals surface area (Å²) in [6.45, 7) is 9.49. The predicted octanol–water partition coefficient (Wildman–Crippen LogP) is 6.06. The average Bonchev–Trinajstić information content (AvgIpc) is 2.94. The van der Waals surface area contributed by atoms with Gasteiger partial charge in [-0.25, -0.2) is 13.8 Å². The van der Waals surface area contributed by atoms with E-state index in [-0.39, 0.29) is 29.0 Å². The van der Waals surface area contributed by atoms with Crippen LogP contribution in [0.3, 0.4) is 0 Å². The van der Waals surface area contributed by atoms with Crippen LogP contribution in [-0.4, -0.2) is 63.3 Å². The second kappa shape index (κ2) is 14.1. The van der Waals surface area contributed by atoms with Crippen LogP contribution in [0.4, 0.5) is 14.5 Å². The summed E-state index contributed by atoms with van der Waals surface area (Å²) in [5, 5.41) is 0.280.